The minimum atomic E-state index is -1.20. The van der Waals surface area contributed by atoms with Crippen LogP contribution in [0.2, 0.25) is 0 Å². The van der Waals surface area contributed by atoms with E-state index in [0.29, 0.717) is 5.92 Å². The van der Waals surface area contributed by atoms with Gasteiger partial charge in [-0.2, -0.15) is 0 Å². The normalized spacial score (nSPS) is 23.0. The van der Waals surface area contributed by atoms with E-state index in [1.807, 2.05) is 37.5 Å². The minimum absolute atomic E-state index is 0.0188. The van der Waals surface area contributed by atoms with Gasteiger partial charge in [0.2, 0.25) is 11.8 Å². The van der Waals surface area contributed by atoms with E-state index < -0.39 is 24.3 Å². The SMILES string of the molecule is CCCc1ccc(CCC2=C(c3ccc4nc(C5C(C)CC(CC)N5C(=O)C(NC(=O)O)C(C)C)[nH]c4c3)CC(CC)C=C2)cc1-c1ccc2nc(C3C(C)CC(CC)N3C(=O)C(NC(=O)O)C(C)C)[nH]c2c1. The Morgan fingerprint density at radius 3 is 1.67 bits per heavy atom. The van der Waals surface area contributed by atoms with E-state index in [1.54, 1.807) is 0 Å². The van der Waals surface area contributed by atoms with Gasteiger partial charge in [-0.05, 0) is 151 Å². The molecule has 6 N–H and O–H groups in total. The average molecular weight is 995 g/mol. The molecule has 9 atom stereocenters. The van der Waals surface area contributed by atoms with E-state index >= 15 is 0 Å². The van der Waals surface area contributed by atoms with E-state index in [1.165, 1.54) is 27.8 Å². The zero-order chi connectivity index (χ0) is 52.4. The van der Waals surface area contributed by atoms with Gasteiger partial charge in [0.1, 0.15) is 23.7 Å². The maximum absolute atomic E-state index is 14.2. The van der Waals surface area contributed by atoms with Crippen molar-refractivity contribution in [2.75, 3.05) is 0 Å². The molecule has 3 aliphatic rings. The highest BCUT2D eigenvalue weighted by Gasteiger charge is 2.47. The molecule has 14 nitrogen and oxygen atoms in total. The molecule has 1 aliphatic carbocycles. The molecule has 3 aromatic carbocycles. The second kappa shape index (κ2) is 22.4. The van der Waals surface area contributed by atoms with Crippen molar-refractivity contribution in [2.24, 2.45) is 29.6 Å². The first kappa shape index (κ1) is 52.9. The molecule has 2 fully saturated rings. The van der Waals surface area contributed by atoms with Crippen LogP contribution in [0.1, 0.15) is 161 Å². The molecule has 4 amide bonds. The van der Waals surface area contributed by atoms with Crippen LogP contribution >= 0.6 is 0 Å². The fourth-order valence-electron chi connectivity index (χ4n) is 12.3. The van der Waals surface area contributed by atoms with E-state index in [0.717, 1.165) is 109 Å². The summed E-state index contributed by atoms with van der Waals surface area (Å²) in [7, 11) is 0. The predicted octanol–water partition coefficient (Wildman–Crippen LogP) is 12.4. The second-order valence-corrected chi connectivity index (χ2v) is 22.0. The van der Waals surface area contributed by atoms with Crippen molar-refractivity contribution in [2.45, 2.75) is 170 Å². The van der Waals surface area contributed by atoms with Crippen LogP contribution < -0.4 is 10.6 Å². The fourth-order valence-corrected chi connectivity index (χ4v) is 12.3. The number of nitrogens with zero attached hydrogens (tertiary/aromatic N) is 4. The van der Waals surface area contributed by atoms with Gasteiger partial charge < -0.3 is 40.6 Å². The minimum Gasteiger partial charge on any atom is -0.465 e. The van der Waals surface area contributed by atoms with Crippen LogP contribution in [0.25, 0.3) is 38.8 Å². The van der Waals surface area contributed by atoms with Crippen LogP contribution in [0.4, 0.5) is 9.59 Å². The Kier molecular flexibility index (Phi) is 16.2. The summed E-state index contributed by atoms with van der Waals surface area (Å²) in [6.07, 6.45) is 11.1. The number of imidazole rings is 2. The number of fused-ring (bicyclic) bond motifs is 2. The van der Waals surface area contributed by atoms with Crippen molar-refractivity contribution in [3.05, 3.63) is 101 Å². The summed E-state index contributed by atoms with van der Waals surface area (Å²) in [6, 6.07) is 17.5. The quantitative estimate of drug-likeness (QED) is 0.0498. The number of carbonyl (C=O) groups excluding carboxylic acids is 2. The molecule has 73 heavy (non-hydrogen) atoms. The first-order chi connectivity index (χ1) is 34.9. The lowest BCUT2D eigenvalue weighted by Crippen LogP contribution is -2.53. The maximum Gasteiger partial charge on any atom is 0.405 e. The summed E-state index contributed by atoms with van der Waals surface area (Å²) in [4.78, 5) is 73.2. The number of aromatic nitrogens is 4. The summed E-state index contributed by atoms with van der Waals surface area (Å²) < 4.78 is 0. The Morgan fingerprint density at radius 2 is 1.19 bits per heavy atom. The van der Waals surface area contributed by atoms with Gasteiger partial charge in [0.05, 0.1) is 34.2 Å². The number of aryl methyl sites for hydroxylation is 2. The van der Waals surface area contributed by atoms with Gasteiger partial charge in [-0.15, -0.1) is 0 Å². The monoisotopic (exact) mass is 995 g/mol. The molecule has 2 aromatic heterocycles. The van der Waals surface area contributed by atoms with Crippen LogP contribution in [-0.2, 0) is 22.4 Å². The van der Waals surface area contributed by atoms with Crippen molar-refractivity contribution in [3.8, 4) is 11.1 Å². The van der Waals surface area contributed by atoms with Gasteiger partial charge >= 0.3 is 12.2 Å². The first-order valence-corrected chi connectivity index (χ1v) is 27.1. The van der Waals surface area contributed by atoms with Gasteiger partial charge in [0.15, 0.2) is 0 Å². The Hall–Kier alpha value is -6.44. The lowest BCUT2D eigenvalue weighted by Gasteiger charge is -2.34. The van der Waals surface area contributed by atoms with Crippen LogP contribution in [0, 0.1) is 29.6 Å². The molecule has 0 saturated carbocycles. The molecular weight excluding hydrogens is 917 g/mol. The number of hydrogen-bond donors (Lipinski definition) is 6. The first-order valence-electron chi connectivity index (χ1n) is 27.1. The third-order valence-electron chi connectivity index (χ3n) is 16.2. The lowest BCUT2D eigenvalue weighted by molar-refractivity contribution is -0.138. The van der Waals surface area contributed by atoms with Gasteiger partial charge in [-0.1, -0.05) is 118 Å². The molecule has 5 aromatic rings. The molecule has 0 radical (unpaired) electrons. The topological polar surface area (TPSA) is 197 Å². The van der Waals surface area contributed by atoms with Crippen LogP contribution in [0.15, 0.2) is 72.3 Å². The molecular formula is C59H78N8O6. The second-order valence-electron chi connectivity index (χ2n) is 22.0. The third kappa shape index (κ3) is 10.9. The standard InChI is InChI=1S/C59H78N8O6/c1-11-15-38-20-17-37(29-45(38)41-23-25-47-49(31-41)63-55(61-47)53-35(10)27-43(14-4)67(53)57(69)51(33(7)8)65-59(72)73)18-21-39-19-16-36(12-2)28-44(39)40-22-24-46-48(30-40)62-54(60-46)52-34(9)26-42(13-3)66(52)56(68)50(32(5)6)64-58(70)71/h16-17,19-20,22-25,29-36,42-43,50-53,64-65H,11-15,18,21,26-28H2,1-10H3,(H,60,62)(H,61,63)(H,70,71)(H,72,73). The molecule has 2 saturated heterocycles. The van der Waals surface area contributed by atoms with Crippen molar-refractivity contribution < 1.29 is 29.4 Å². The Labute approximate surface area is 430 Å². The highest BCUT2D eigenvalue weighted by atomic mass is 16.4. The zero-order valence-corrected chi connectivity index (χ0v) is 44.6. The predicted molar refractivity (Wildman–Crippen MR) is 289 cm³/mol. The van der Waals surface area contributed by atoms with Crippen LogP contribution in [0.3, 0.4) is 0 Å². The molecule has 0 spiro atoms. The summed E-state index contributed by atoms with van der Waals surface area (Å²) in [6.45, 7) is 20.4. The maximum atomic E-state index is 14.2. The van der Waals surface area contributed by atoms with Gasteiger partial charge in [0, 0.05) is 12.1 Å². The third-order valence-corrected chi connectivity index (χ3v) is 16.2. The van der Waals surface area contributed by atoms with Crippen molar-refractivity contribution >= 4 is 51.6 Å². The van der Waals surface area contributed by atoms with E-state index in [4.69, 9.17) is 9.97 Å². The molecule has 4 heterocycles. The number of hydrogen-bond acceptors (Lipinski definition) is 6. The smallest absolute Gasteiger partial charge is 0.405 e. The number of benzene rings is 3. The molecule has 8 rings (SSSR count). The fraction of sp³-hybridized carbons (Fsp3) is 0.525. The average Bonchev–Trinajstić information content (AvgIpc) is 4.15. The number of rotatable bonds is 18. The Balaban J connectivity index is 1.07. The summed E-state index contributed by atoms with van der Waals surface area (Å²) in [5, 5.41) is 24.2. The molecule has 14 heteroatoms. The van der Waals surface area contributed by atoms with Crippen molar-refractivity contribution in [3.63, 3.8) is 0 Å². The number of nitrogens with one attached hydrogen (secondary N) is 4. The number of aromatic amines is 2. The van der Waals surface area contributed by atoms with E-state index in [2.05, 4.69) is 129 Å². The highest BCUT2D eigenvalue weighted by molar-refractivity contribution is 5.89. The number of carboxylic acid groups (broad SMARTS) is 2. The molecule has 9 unspecified atom stereocenters. The molecule has 2 aliphatic heterocycles. The Bertz CT molecular complexity index is 2890. The Morgan fingerprint density at radius 1 is 0.671 bits per heavy atom. The molecule has 0 bridgehead atoms. The zero-order valence-electron chi connectivity index (χ0n) is 44.6. The number of likely N-dealkylation sites (tertiary alicyclic amines) is 2. The van der Waals surface area contributed by atoms with Gasteiger partial charge in [0.25, 0.3) is 0 Å². The number of carbonyl (C=O) groups is 4. The summed E-state index contributed by atoms with van der Waals surface area (Å²) in [5.74, 6) is 1.32. The number of allylic oxidation sites excluding steroid dienone is 4. The van der Waals surface area contributed by atoms with E-state index in [-0.39, 0.29) is 59.7 Å². The summed E-state index contributed by atoms with van der Waals surface area (Å²) >= 11 is 0. The van der Waals surface area contributed by atoms with Crippen LogP contribution in [0.5, 0.6) is 0 Å². The van der Waals surface area contributed by atoms with Gasteiger partial charge in [-0.3, -0.25) is 9.59 Å². The number of H-pyrrole nitrogens is 2. The lowest BCUT2D eigenvalue weighted by atomic mass is 9.82. The largest absolute Gasteiger partial charge is 0.465 e. The van der Waals surface area contributed by atoms with Crippen molar-refractivity contribution in [1.82, 2.24) is 40.4 Å². The van der Waals surface area contributed by atoms with Crippen molar-refractivity contribution in [1.29, 1.82) is 0 Å². The summed E-state index contributed by atoms with van der Waals surface area (Å²) in [5.41, 5.74) is 12.2. The highest BCUT2D eigenvalue weighted by Crippen LogP contribution is 2.45. The van der Waals surface area contributed by atoms with E-state index in [9.17, 15) is 29.4 Å². The van der Waals surface area contributed by atoms with Crippen LogP contribution in [-0.4, -0.2) is 88.1 Å². The van der Waals surface area contributed by atoms with Gasteiger partial charge in [-0.25, -0.2) is 19.6 Å². The number of amides is 4. The molecule has 390 valence electrons.